The van der Waals surface area contributed by atoms with Gasteiger partial charge in [-0.3, -0.25) is 4.79 Å². The fourth-order valence-corrected chi connectivity index (χ4v) is 3.13. The second kappa shape index (κ2) is 9.12. The topological polar surface area (TPSA) is 98.5 Å². The van der Waals surface area contributed by atoms with Crippen molar-refractivity contribution in [1.82, 2.24) is 4.72 Å². The highest BCUT2D eigenvalue weighted by Gasteiger charge is 2.12. The molecule has 0 spiro atoms. The summed E-state index contributed by atoms with van der Waals surface area (Å²) in [5.41, 5.74) is 5.41. The number of carbonyl (C=O) groups excluding carboxylic acids is 1. The maximum absolute atomic E-state index is 13.1. The molecule has 27 heavy (non-hydrogen) atoms. The second-order valence-electron chi connectivity index (χ2n) is 5.36. The third kappa shape index (κ3) is 6.69. The molecule has 0 fully saturated rings. The number of hydrogen-bond acceptors (Lipinski definition) is 4. The average molecular weight is 394 g/mol. The summed E-state index contributed by atoms with van der Waals surface area (Å²) in [6.45, 7) is -0.290. The summed E-state index contributed by atoms with van der Waals surface area (Å²) in [5, 5.41) is 0. The maximum Gasteiger partial charge on any atom is 0.252 e. The van der Waals surface area contributed by atoms with Crippen LogP contribution in [0.1, 0.15) is 15.9 Å². The highest BCUT2D eigenvalue weighted by Crippen LogP contribution is 2.16. The minimum Gasteiger partial charge on any atom is -0.480 e. The van der Waals surface area contributed by atoms with Crippen LogP contribution in [0.2, 0.25) is 0 Å². The molecule has 3 N–H and O–H groups in total. The zero-order valence-corrected chi connectivity index (χ0v) is 14.9. The summed E-state index contributed by atoms with van der Waals surface area (Å²) in [5.74, 6) is 2.47. The van der Waals surface area contributed by atoms with Crippen molar-refractivity contribution >= 4 is 15.9 Å². The normalized spacial score (nSPS) is 10.7. The quantitative estimate of drug-likeness (QED) is 0.697. The highest BCUT2D eigenvalue weighted by atomic mass is 32.2. The maximum atomic E-state index is 13.1. The molecule has 0 saturated carbocycles. The zero-order chi connectivity index (χ0) is 19.9. The number of halogens is 2. The Balaban J connectivity index is 1.85. The van der Waals surface area contributed by atoms with Gasteiger partial charge in [0.05, 0.1) is 17.9 Å². The Morgan fingerprint density at radius 2 is 1.78 bits per heavy atom. The van der Waals surface area contributed by atoms with E-state index in [2.05, 4.69) is 16.6 Å². The molecule has 0 saturated heterocycles. The summed E-state index contributed by atoms with van der Waals surface area (Å²) < 4.78 is 57.5. The SMILES string of the molecule is NC(=O)c1ccccc1OCC#CCNS(=O)(=O)Cc1cc(F)cc(F)c1. The molecule has 0 aliphatic rings. The van der Waals surface area contributed by atoms with E-state index in [1.54, 1.807) is 18.2 Å². The van der Waals surface area contributed by atoms with E-state index < -0.39 is 33.3 Å². The Bertz CT molecular complexity index is 978. The van der Waals surface area contributed by atoms with E-state index in [4.69, 9.17) is 10.5 Å². The van der Waals surface area contributed by atoms with Crippen LogP contribution < -0.4 is 15.2 Å². The number of carbonyl (C=O) groups is 1. The van der Waals surface area contributed by atoms with Crippen LogP contribution in [0.4, 0.5) is 8.78 Å². The lowest BCUT2D eigenvalue weighted by Gasteiger charge is -2.06. The van der Waals surface area contributed by atoms with E-state index in [9.17, 15) is 22.0 Å². The van der Waals surface area contributed by atoms with E-state index in [1.165, 1.54) is 6.07 Å². The van der Waals surface area contributed by atoms with Gasteiger partial charge in [-0.05, 0) is 29.8 Å². The number of primary amides is 1. The van der Waals surface area contributed by atoms with Crippen molar-refractivity contribution in [3.8, 4) is 17.6 Å². The Morgan fingerprint density at radius 3 is 2.44 bits per heavy atom. The van der Waals surface area contributed by atoms with Gasteiger partial charge in [0.25, 0.3) is 5.91 Å². The van der Waals surface area contributed by atoms with E-state index >= 15 is 0 Å². The van der Waals surface area contributed by atoms with Crippen molar-refractivity contribution in [3.63, 3.8) is 0 Å². The van der Waals surface area contributed by atoms with Gasteiger partial charge in [0.2, 0.25) is 10.0 Å². The monoisotopic (exact) mass is 394 g/mol. The fraction of sp³-hybridized carbons (Fsp3) is 0.167. The molecule has 2 aromatic carbocycles. The first-order chi connectivity index (χ1) is 12.8. The molecule has 0 aromatic heterocycles. The molecule has 142 valence electrons. The van der Waals surface area contributed by atoms with Crippen molar-refractivity contribution in [3.05, 3.63) is 65.2 Å². The molecule has 0 heterocycles. The van der Waals surface area contributed by atoms with Crippen LogP contribution in [0.5, 0.6) is 5.75 Å². The van der Waals surface area contributed by atoms with Gasteiger partial charge in [0.15, 0.2) is 0 Å². The molecule has 0 unspecified atom stereocenters. The minimum atomic E-state index is -3.81. The molecular weight excluding hydrogens is 378 g/mol. The van der Waals surface area contributed by atoms with Crippen molar-refractivity contribution in [1.29, 1.82) is 0 Å². The smallest absolute Gasteiger partial charge is 0.252 e. The minimum absolute atomic E-state index is 0.0145. The lowest BCUT2D eigenvalue weighted by atomic mass is 10.2. The van der Waals surface area contributed by atoms with E-state index in [-0.39, 0.29) is 30.0 Å². The molecule has 9 heteroatoms. The van der Waals surface area contributed by atoms with Crippen molar-refractivity contribution in [2.75, 3.05) is 13.2 Å². The van der Waals surface area contributed by atoms with E-state index in [1.807, 2.05) is 0 Å². The van der Waals surface area contributed by atoms with Crippen molar-refractivity contribution < 1.29 is 26.7 Å². The molecular formula is C18H16F2N2O4S. The van der Waals surface area contributed by atoms with E-state index in [0.29, 0.717) is 6.07 Å². The third-order valence-electron chi connectivity index (χ3n) is 3.24. The van der Waals surface area contributed by atoms with Gasteiger partial charge in [-0.15, -0.1) is 0 Å². The van der Waals surface area contributed by atoms with E-state index in [0.717, 1.165) is 12.1 Å². The zero-order valence-electron chi connectivity index (χ0n) is 14.0. The van der Waals surface area contributed by atoms with Crippen molar-refractivity contribution in [2.24, 2.45) is 5.73 Å². The molecule has 2 rings (SSSR count). The van der Waals surface area contributed by atoms with Crippen LogP contribution in [-0.4, -0.2) is 27.5 Å². The number of amides is 1. The molecule has 0 radical (unpaired) electrons. The molecule has 1 amide bonds. The summed E-state index contributed by atoms with van der Waals surface area (Å²) in [6, 6.07) is 8.91. The van der Waals surface area contributed by atoms with Crippen LogP contribution in [0.15, 0.2) is 42.5 Å². The number of nitrogens with two attached hydrogens (primary N) is 1. The van der Waals surface area contributed by atoms with Crippen LogP contribution in [0.3, 0.4) is 0 Å². The first kappa shape index (κ1) is 20.4. The molecule has 0 aliphatic carbocycles. The van der Waals surface area contributed by atoms with Crippen LogP contribution in [-0.2, 0) is 15.8 Å². The molecule has 0 atom stereocenters. The third-order valence-corrected chi connectivity index (χ3v) is 4.53. The first-order valence-corrected chi connectivity index (χ1v) is 9.32. The molecule has 2 aromatic rings. The Kier molecular flexibility index (Phi) is 6.87. The van der Waals surface area contributed by atoms with Crippen LogP contribution >= 0.6 is 0 Å². The number of sulfonamides is 1. The molecule has 0 aliphatic heterocycles. The van der Waals surface area contributed by atoms with Gasteiger partial charge in [-0.25, -0.2) is 21.9 Å². The number of benzene rings is 2. The summed E-state index contributed by atoms with van der Waals surface area (Å²) >= 11 is 0. The highest BCUT2D eigenvalue weighted by molar-refractivity contribution is 7.88. The Hall–Kier alpha value is -2.96. The van der Waals surface area contributed by atoms with Gasteiger partial charge in [-0.1, -0.05) is 24.0 Å². The molecule has 0 bridgehead atoms. The Labute approximate surface area is 155 Å². The number of para-hydroxylation sites is 1. The number of nitrogens with one attached hydrogen (secondary N) is 1. The van der Waals surface area contributed by atoms with Crippen molar-refractivity contribution in [2.45, 2.75) is 5.75 Å². The summed E-state index contributed by atoms with van der Waals surface area (Å²) in [7, 11) is -3.81. The number of hydrogen-bond donors (Lipinski definition) is 2. The number of ether oxygens (including phenoxy) is 1. The fourth-order valence-electron chi connectivity index (χ4n) is 2.13. The summed E-state index contributed by atoms with van der Waals surface area (Å²) in [4.78, 5) is 11.2. The van der Waals surface area contributed by atoms with Gasteiger partial charge in [0, 0.05) is 6.07 Å². The van der Waals surface area contributed by atoms with Gasteiger partial charge < -0.3 is 10.5 Å². The summed E-state index contributed by atoms with van der Waals surface area (Å²) in [6.07, 6.45) is 0. The Morgan fingerprint density at radius 1 is 1.11 bits per heavy atom. The lowest BCUT2D eigenvalue weighted by Crippen LogP contribution is -2.25. The van der Waals surface area contributed by atoms with Gasteiger partial charge in [0.1, 0.15) is 24.0 Å². The lowest BCUT2D eigenvalue weighted by molar-refractivity contribution is 0.0997. The standard InChI is InChI=1S/C18H16F2N2O4S/c19-14-9-13(10-15(20)11-14)12-27(24,25)22-7-3-4-8-26-17-6-2-1-5-16(17)18(21)23/h1-2,5-6,9-11,22H,7-8,12H2,(H2,21,23). The van der Waals surface area contributed by atoms with Crippen LogP contribution in [0, 0.1) is 23.5 Å². The predicted molar refractivity (Wildman–Crippen MR) is 95.2 cm³/mol. The molecule has 6 nitrogen and oxygen atoms in total. The van der Waals surface area contributed by atoms with Crippen LogP contribution in [0.25, 0.3) is 0 Å². The number of rotatable bonds is 7. The van der Waals surface area contributed by atoms with Gasteiger partial charge in [-0.2, -0.15) is 0 Å². The average Bonchev–Trinajstić information content (AvgIpc) is 2.56. The second-order valence-corrected chi connectivity index (χ2v) is 7.17. The predicted octanol–water partition coefficient (Wildman–Crippen LogP) is 1.57. The van der Waals surface area contributed by atoms with Gasteiger partial charge >= 0.3 is 0 Å². The largest absolute Gasteiger partial charge is 0.480 e. The first-order valence-electron chi connectivity index (χ1n) is 7.66.